The number of halogens is 3. The van der Waals surface area contributed by atoms with Crippen LogP contribution >= 0.6 is 27.5 Å². The van der Waals surface area contributed by atoms with Gasteiger partial charge in [0, 0.05) is 17.4 Å². The Bertz CT molecular complexity index is 391. The molecule has 1 aliphatic rings. The molecule has 1 aromatic carbocycles. The Hall–Kier alpha value is -0.120. The molecule has 0 spiro atoms. The van der Waals surface area contributed by atoms with Crippen LogP contribution in [0.1, 0.15) is 18.4 Å². The van der Waals surface area contributed by atoms with Crippen molar-refractivity contribution < 1.29 is 9.13 Å². The first kappa shape index (κ1) is 13.3. The first-order chi connectivity index (χ1) is 8.15. The van der Waals surface area contributed by atoms with Crippen molar-refractivity contribution in [3.63, 3.8) is 0 Å². The molecule has 0 bridgehead atoms. The monoisotopic (exact) mass is 320 g/mol. The van der Waals surface area contributed by atoms with Crippen LogP contribution in [0, 0.1) is 11.2 Å². The number of hydrogen-bond acceptors (Lipinski definition) is 1. The third-order valence-corrected chi connectivity index (χ3v) is 4.73. The van der Waals surface area contributed by atoms with Gasteiger partial charge in [-0.25, -0.2) is 4.39 Å². The second-order valence-electron chi connectivity index (χ2n) is 4.72. The average molecular weight is 322 g/mol. The van der Waals surface area contributed by atoms with Gasteiger partial charge >= 0.3 is 0 Å². The second-order valence-corrected chi connectivity index (χ2v) is 5.68. The minimum atomic E-state index is -0.358. The molecule has 1 aromatic rings. The summed E-state index contributed by atoms with van der Waals surface area (Å²) in [5.41, 5.74) is 1.20. The van der Waals surface area contributed by atoms with Gasteiger partial charge < -0.3 is 4.74 Å². The summed E-state index contributed by atoms with van der Waals surface area (Å²) in [5.74, 6) is -0.358. The molecule has 1 fully saturated rings. The fraction of sp³-hybridized carbons (Fsp3) is 0.538. The third kappa shape index (κ3) is 3.21. The minimum Gasteiger partial charge on any atom is -0.381 e. The maximum absolute atomic E-state index is 13.1. The van der Waals surface area contributed by atoms with E-state index in [1.54, 1.807) is 12.1 Å². The predicted molar refractivity (Wildman–Crippen MR) is 71.4 cm³/mol. The van der Waals surface area contributed by atoms with Gasteiger partial charge in [0.05, 0.1) is 11.6 Å². The normalized spacial score (nSPS) is 24.9. The number of rotatable bonds is 3. The largest absolute Gasteiger partial charge is 0.381 e. The first-order valence-corrected chi connectivity index (χ1v) is 7.23. The standard InChI is InChI=1S/C13H15BrClFO/c14-8-13(4-1-5-17-9-13)7-10-2-3-12(16)11(15)6-10/h2-3,6H,1,4-5,7-9H2. The third-order valence-electron chi connectivity index (χ3n) is 3.25. The molecule has 0 saturated carbocycles. The van der Waals surface area contributed by atoms with Crippen LogP contribution in [0.5, 0.6) is 0 Å². The van der Waals surface area contributed by atoms with Gasteiger partial charge in [-0.2, -0.15) is 0 Å². The van der Waals surface area contributed by atoms with Crippen molar-refractivity contribution in [2.75, 3.05) is 18.5 Å². The second kappa shape index (κ2) is 5.68. The number of ether oxygens (including phenoxy) is 1. The lowest BCUT2D eigenvalue weighted by molar-refractivity contribution is 0.00614. The van der Waals surface area contributed by atoms with Crippen LogP contribution in [0.2, 0.25) is 5.02 Å². The lowest BCUT2D eigenvalue weighted by Crippen LogP contribution is -2.35. The summed E-state index contributed by atoms with van der Waals surface area (Å²) in [6.45, 7) is 1.60. The molecule has 1 heterocycles. The Morgan fingerprint density at radius 1 is 1.47 bits per heavy atom. The van der Waals surface area contributed by atoms with Crippen molar-refractivity contribution in [2.24, 2.45) is 5.41 Å². The zero-order valence-corrected chi connectivity index (χ0v) is 11.9. The summed E-state index contributed by atoms with van der Waals surface area (Å²) in [5, 5.41) is 1.10. The van der Waals surface area contributed by atoms with E-state index in [0.717, 1.165) is 43.4 Å². The van der Waals surface area contributed by atoms with Crippen LogP contribution in [0.3, 0.4) is 0 Å². The average Bonchev–Trinajstić information content (AvgIpc) is 2.35. The zero-order valence-electron chi connectivity index (χ0n) is 9.52. The van der Waals surface area contributed by atoms with Crippen LogP contribution in [-0.4, -0.2) is 18.5 Å². The molecule has 1 aliphatic heterocycles. The van der Waals surface area contributed by atoms with E-state index >= 15 is 0 Å². The van der Waals surface area contributed by atoms with Crippen LogP contribution in [-0.2, 0) is 11.2 Å². The van der Waals surface area contributed by atoms with Crippen molar-refractivity contribution in [1.29, 1.82) is 0 Å². The fourth-order valence-corrected chi connectivity index (χ4v) is 3.13. The molecule has 0 N–H and O–H groups in total. The molecule has 17 heavy (non-hydrogen) atoms. The summed E-state index contributed by atoms with van der Waals surface area (Å²) in [4.78, 5) is 0. The van der Waals surface area contributed by atoms with Crippen LogP contribution in [0.4, 0.5) is 4.39 Å². The predicted octanol–water partition coefficient (Wildman–Crippen LogP) is 4.21. The van der Waals surface area contributed by atoms with Crippen molar-refractivity contribution in [1.82, 2.24) is 0 Å². The van der Waals surface area contributed by atoms with E-state index in [-0.39, 0.29) is 16.3 Å². The molecular weight excluding hydrogens is 306 g/mol. The summed E-state index contributed by atoms with van der Waals surface area (Å²) < 4.78 is 18.7. The van der Waals surface area contributed by atoms with Crippen molar-refractivity contribution in [2.45, 2.75) is 19.3 Å². The topological polar surface area (TPSA) is 9.23 Å². The Balaban J connectivity index is 2.14. The Morgan fingerprint density at radius 3 is 2.88 bits per heavy atom. The van der Waals surface area contributed by atoms with E-state index in [4.69, 9.17) is 16.3 Å². The summed E-state index contributed by atoms with van der Waals surface area (Å²) in [7, 11) is 0. The van der Waals surface area contributed by atoms with Crippen LogP contribution in [0.15, 0.2) is 18.2 Å². The highest BCUT2D eigenvalue weighted by molar-refractivity contribution is 9.09. The van der Waals surface area contributed by atoms with Crippen molar-refractivity contribution in [3.05, 3.63) is 34.6 Å². The van der Waals surface area contributed by atoms with Gasteiger partial charge in [-0.3, -0.25) is 0 Å². The molecule has 0 aromatic heterocycles. The number of hydrogen-bond donors (Lipinski definition) is 0. The summed E-state index contributed by atoms with van der Waals surface area (Å²) in [6, 6.07) is 4.96. The highest BCUT2D eigenvalue weighted by atomic mass is 79.9. The molecule has 0 radical (unpaired) electrons. The molecule has 1 atom stereocenters. The summed E-state index contributed by atoms with van der Waals surface area (Å²) >= 11 is 9.37. The minimum absolute atomic E-state index is 0.124. The van der Waals surface area contributed by atoms with E-state index in [9.17, 15) is 4.39 Å². The zero-order chi connectivity index (χ0) is 12.3. The van der Waals surface area contributed by atoms with Gasteiger partial charge in [0.2, 0.25) is 0 Å². The smallest absolute Gasteiger partial charge is 0.141 e. The lowest BCUT2D eigenvalue weighted by atomic mass is 9.79. The molecule has 1 nitrogen and oxygen atoms in total. The van der Waals surface area contributed by atoms with E-state index in [2.05, 4.69) is 15.9 Å². The van der Waals surface area contributed by atoms with Crippen molar-refractivity contribution in [3.8, 4) is 0 Å². The van der Waals surface area contributed by atoms with Crippen LogP contribution < -0.4 is 0 Å². The molecule has 2 rings (SSSR count). The number of benzene rings is 1. The molecular formula is C13H15BrClFO. The van der Waals surface area contributed by atoms with Gasteiger partial charge in [0.1, 0.15) is 5.82 Å². The molecule has 94 valence electrons. The Morgan fingerprint density at radius 2 is 2.29 bits per heavy atom. The fourth-order valence-electron chi connectivity index (χ4n) is 2.28. The van der Waals surface area contributed by atoms with Gasteiger partial charge in [-0.1, -0.05) is 33.6 Å². The molecule has 4 heteroatoms. The Kier molecular flexibility index (Phi) is 4.45. The lowest BCUT2D eigenvalue weighted by Gasteiger charge is -2.35. The summed E-state index contributed by atoms with van der Waals surface area (Å²) in [6.07, 6.45) is 3.09. The van der Waals surface area contributed by atoms with Gasteiger partial charge in [-0.15, -0.1) is 0 Å². The molecule has 1 unspecified atom stereocenters. The first-order valence-electron chi connectivity index (χ1n) is 5.73. The van der Waals surface area contributed by atoms with Gasteiger partial charge in [-0.05, 0) is 37.0 Å². The quantitative estimate of drug-likeness (QED) is 0.758. The molecule has 1 saturated heterocycles. The number of alkyl halides is 1. The highest BCUT2D eigenvalue weighted by Gasteiger charge is 2.32. The van der Waals surface area contributed by atoms with E-state index in [0.29, 0.717) is 0 Å². The van der Waals surface area contributed by atoms with Crippen LogP contribution in [0.25, 0.3) is 0 Å². The molecule has 0 aliphatic carbocycles. The molecule has 0 amide bonds. The van der Waals surface area contributed by atoms with Crippen molar-refractivity contribution >= 4 is 27.5 Å². The van der Waals surface area contributed by atoms with E-state index in [1.165, 1.54) is 6.07 Å². The maximum atomic E-state index is 13.1. The maximum Gasteiger partial charge on any atom is 0.141 e. The Labute approximate surface area is 114 Å². The van der Waals surface area contributed by atoms with E-state index < -0.39 is 0 Å². The SMILES string of the molecule is Fc1ccc(CC2(CBr)CCCOC2)cc1Cl. The van der Waals surface area contributed by atoms with Gasteiger partial charge in [0.15, 0.2) is 0 Å². The van der Waals surface area contributed by atoms with Gasteiger partial charge in [0.25, 0.3) is 0 Å². The van der Waals surface area contributed by atoms with E-state index in [1.807, 2.05) is 0 Å². The highest BCUT2D eigenvalue weighted by Crippen LogP contribution is 2.35.